The minimum atomic E-state index is -0.417. The van der Waals surface area contributed by atoms with Crippen LogP contribution in [0.2, 0.25) is 0 Å². The van der Waals surface area contributed by atoms with Gasteiger partial charge in [-0.15, -0.1) is 0 Å². The molecule has 5 heavy (non-hydrogen) atoms. The van der Waals surface area contributed by atoms with Gasteiger partial charge in [-0.3, -0.25) is 0 Å². The van der Waals surface area contributed by atoms with Crippen LogP contribution in [0, 0.1) is 0 Å². The molecule has 0 spiro atoms. The summed E-state index contributed by atoms with van der Waals surface area (Å²) in [6.07, 6.45) is -0.417. The van der Waals surface area contributed by atoms with Crippen molar-refractivity contribution < 1.29 is 62.2 Å². The maximum atomic E-state index is 7.94. The predicted molar refractivity (Wildman–Crippen MR) is 14.6 cm³/mol. The number of rotatable bonds is 0. The molecule has 0 bridgehead atoms. The van der Waals surface area contributed by atoms with Gasteiger partial charge in [0.05, 0.1) is 0 Å². The Labute approximate surface area is 74.2 Å². The van der Waals surface area contributed by atoms with Gasteiger partial charge in [0.15, 0.2) is 6.23 Å². The molecular formula is C2H8KNO+2. The Hall–Kier alpha value is 1.56. The minimum absolute atomic E-state index is 0. The van der Waals surface area contributed by atoms with Crippen molar-refractivity contribution in [3.8, 4) is 0 Å². The van der Waals surface area contributed by atoms with Gasteiger partial charge in [-0.05, 0) is 0 Å². The van der Waals surface area contributed by atoms with Crippen LogP contribution in [-0.4, -0.2) is 11.3 Å². The van der Waals surface area contributed by atoms with Crippen LogP contribution in [0.1, 0.15) is 6.92 Å². The first-order valence-corrected chi connectivity index (χ1v) is 1.24. The van der Waals surface area contributed by atoms with E-state index in [2.05, 4.69) is 5.73 Å². The molecule has 0 aliphatic rings. The molecule has 0 radical (unpaired) electrons. The number of quaternary nitrogens is 1. The number of hydrogen-bond acceptors (Lipinski definition) is 1. The van der Waals surface area contributed by atoms with Gasteiger partial charge in [-0.1, -0.05) is 0 Å². The standard InChI is InChI=1S/C2H7NO.K/c1-2(3)4;/h2,4H,3H2,1H3;/q;+1/p+1. The van der Waals surface area contributed by atoms with Crippen LogP contribution in [0.4, 0.5) is 0 Å². The van der Waals surface area contributed by atoms with E-state index >= 15 is 0 Å². The Bertz CT molecular complexity index is 14.4. The molecule has 0 aliphatic carbocycles. The summed E-state index contributed by atoms with van der Waals surface area (Å²) in [5.41, 5.74) is 3.19. The average Bonchev–Trinajstić information content (AvgIpc) is 0.811. The van der Waals surface area contributed by atoms with Crippen molar-refractivity contribution in [3.05, 3.63) is 0 Å². The Balaban J connectivity index is 0. The molecule has 2 nitrogen and oxygen atoms in total. The molecule has 0 aliphatic heterocycles. The summed E-state index contributed by atoms with van der Waals surface area (Å²) in [4.78, 5) is 0. The second-order valence-corrected chi connectivity index (χ2v) is 0.849. The van der Waals surface area contributed by atoms with Crippen molar-refractivity contribution in [2.45, 2.75) is 13.2 Å². The Kier molecular flexibility index (Phi) is 10.8. The van der Waals surface area contributed by atoms with Crippen LogP contribution in [0.25, 0.3) is 0 Å². The van der Waals surface area contributed by atoms with E-state index < -0.39 is 6.23 Å². The van der Waals surface area contributed by atoms with Gasteiger partial charge in [0.1, 0.15) is 0 Å². The molecular weight excluding hydrogens is 93.1 g/mol. The molecule has 0 heterocycles. The quantitative estimate of drug-likeness (QED) is 0.235. The van der Waals surface area contributed by atoms with E-state index in [0.29, 0.717) is 0 Å². The molecule has 0 saturated carbocycles. The molecule has 26 valence electrons. The van der Waals surface area contributed by atoms with Gasteiger partial charge < -0.3 is 10.8 Å². The normalized spacial score (nSPS) is 12.6. The van der Waals surface area contributed by atoms with Crippen LogP contribution in [-0.2, 0) is 0 Å². The fourth-order valence-corrected chi connectivity index (χ4v) is 0. The first-order chi connectivity index (χ1) is 1.73. The molecule has 1 unspecified atom stereocenters. The van der Waals surface area contributed by atoms with Gasteiger partial charge in [0.2, 0.25) is 0 Å². The summed E-state index contributed by atoms with van der Waals surface area (Å²) >= 11 is 0. The van der Waals surface area contributed by atoms with Crippen molar-refractivity contribution in [1.82, 2.24) is 0 Å². The van der Waals surface area contributed by atoms with E-state index in [1.807, 2.05) is 0 Å². The summed E-state index contributed by atoms with van der Waals surface area (Å²) in [7, 11) is 0. The Morgan fingerprint density at radius 3 is 1.80 bits per heavy atom. The van der Waals surface area contributed by atoms with Gasteiger partial charge in [-0.25, -0.2) is 0 Å². The number of hydrogen-bond donors (Lipinski definition) is 2. The predicted octanol–water partition coefficient (Wildman–Crippen LogP) is -4.43. The third kappa shape index (κ3) is 29.0. The molecule has 0 aromatic rings. The molecule has 1 atom stereocenters. The first kappa shape index (κ1) is 9.75. The fraction of sp³-hybridized carbons (Fsp3) is 1.00. The Morgan fingerprint density at radius 2 is 1.80 bits per heavy atom. The summed E-state index contributed by atoms with van der Waals surface area (Å²) in [5, 5.41) is 7.94. The van der Waals surface area contributed by atoms with Crippen molar-refractivity contribution in [3.63, 3.8) is 0 Å². The van der Waals surface area contributed by atoms with Gasteiger partial charge >= 0.3 is 51.4 Å². The third-order valence-electron chi connectivity index (χ3n) is 0. The van der Waals surface area contributed by atoms with Crippen LogP contribution in [0.15, 0.2) is 0 Å². The van der Waals surface area contributed by atoms with Crippen LogP contribution in [0.5, 0.6) is 0 Å². The third-order valence-corrected chi connectivity index (χ3v) is 0. The van der Waals surface area contributed by atoms with E-state index in [0.717, 1.165) is 0 Å². The van der Waals surface area contributed by atoms with E-state index in [-0.39, 0.29) is 51.4 Å². The summed E-state index contributed by atoms with van der Waals surface area (Å²) < 4.78 is 0. The summed E-state index contributed by atoms with van der Waals surface area (Å²) in [5.74, 6) is 0. The molecule has 0 rings (SSSR count). The monoisotopic (exact) mass is 101 g/mol. The maximum Gasteiger partial charge on any atom is 1.00 e. The summed E-state index contributed by atoms with van der Waals surface area (Å²) in [6, 6.07) is 0. The zero-order valence-electron chi connectivity index (χ0n) is 3.73. The van der Waals surface area contributed by atoms with Crippen LogP contribution < -0.4 is 57.1 Å². The van der Waals surface area contributed by atoms with Crippen LogP contribution >= 0.6 is 0 Å². The van der Waals surface area contributed by atoms with E-state index in [1.165, 1.54) is 0 Å². The SMILES string of the molecule is CC([NH3+])O.[K+]. The van der Waals surface area contributed by atoms with Crippen molar-refractivity contribution in [1.29, 1.82) is 0 Å². The topological polar surface area (TPSA) is 47.9 Å². The molecule has 0 aromatic heterocycles. The Morgan fingerprint density at radius 1 is 1.80 bits per heavy atom. The number of aliphatic hydroxyl groups is 1. The van der Waals surface area contributed by atoms with Gasteiger partial charge in [0.25, 0.3) is 0 Å². The fourth-order valence-electron chi connectivity index (χ4n) is 0. The minimum Gasteiger partial charge on any atom is -0.345 e. The zero-order chi connectivity index (χ0) is 3.58. The van der Waals surface area contributed by atoms with Crippen molar-refractivity contribution in [2.24, 2.45) is 0 Å². The molecule has 3 heteroatoms. The van der Waals surface area contributed by atoms with Crippen molar-refractivity contribution >= 4 is 0 Å². The zero-order valence-corrected chi connectivity index (χ0v) is 6.85. The first-order valence-electron chi connectivity index (χ1n) is 1.24. The summed E-state index contributed by atoms with van der Waals surface area (Å²) in [6.45, 7) is 1.61. The molecule has 4 N–H and O–H groups in total. The van der Waals surface area contributed by atoms with Gasteiger partial charge in [0, 0.05) is 6.92 Å². The maximum absolute atomic E-state index is 7.94. The molecule has 0 saturated heterocycles. The smallest absolute Gasteiger partial charge is 0.345 e. The van der Waals surface area contributed by atoms with E-state index in [9.17, 15) is 0 Å². The van der Waals surface area contributed by atoms with Crippen LogP contribution in [0.3, 0.4) is 0 Å². The molecule has 0 aromatic carbocycles. The van der Waals surface area contributed by atoms with E-state index in [1.54, 1.807) is 6.92 Å². The van der Waals surface area contributed by atoms with Gasteiger partial charge in [-0.2, -0.15) is 0 Å². The van der Waals surface area contributed by atoms with E-state index in [4.69, 9.17) is 5.11 Å². The second kappa shape index (κ2) is 5.56. The average molecular weight is 101 g/mol. The molecule has 0 fully saturated rings. The number of aliphatic hydroxyl groups excluding tert-OH is 1. The second-order valence-electron chi connectivity index (χ2n) is 0.849. The molecule has 0 amide bonds. The largest absolute Gasteiger partial charge is 1.00 e. The van der Waals surface area contributed by atoms with Crippen molar-refractivity contribution in [2.75, 3.05) is 0 Å².